The monoisotopic (exact) mass is 484 g/mol. The molecule has 0 radical (unpaired) electrons. The van der Waals surface area contributed by atoms with E-state index in [-0.39, 0.29) is 29.8 Å². The van der Waals surface area contributed by atoms with Gasteiger partial charge in [-0.1, -0.05) is 24.3 Å². The van der Waals surface area contributed by atoms with Gasteiger partial charge in [0.25, 0.3) is 5.56 Å². The molecule has 1 saturated heterocycles. The molecular weight excluding hydrogens is 456 g/mol. The number of hydrogen-bond acceptors (Lipinski definition) is 8. The van der Waals surface area contributed by atoms with Crippen molar-refractivity contribution >= 4 is 44.3 Å². The molecule has 0 bridgehead atoms. The number of nitrogens with one attached hydrogen (secondary N) is 2. The summed E-state index contributed by atoms with van der Waals surface area (Å²) < 4.78 is 6.83. The second kappa shape index (κ2) is 10.6. The quantitative estimate of drug-likeness (QED) is 0.503. The van der Waals surface area contributed by atoms with Gasteiger partial charge in [0, 0.05) is 31.4 Å². The first-order valence-electron chi connectivity index (χ1n) is 11.3. The van der Waals surface area contributed by atoms with Crippen LogP contribution in [0.1, 0.15) is 26.2 Å². The number of thiazole rings is 1. The van der Waals surface area contributed by atoms with Crippen molar-refractivity contribution in [3.8, 4) is 5.75 Å². The smallest absolute Gasteiger partial charge is 0.273 e. The molecule has 0 aliphatic carbocycles. The Morgan fingerprint density at radius 3 is 2.97 bits per heavy atom. The highest BCUT2D eigenvalue weighted by Gasteiger charge is 2.27. The van der Waals surface area contributed by atoms with Gasteiger partial charge in [0.2, 0.25) is 11.8 Å². The van der Waals surface area contributed by atoms with Gasteiger partial charge in [-0.15, -0.1) is 0 Å². The van der Waals surface area contributed by atoms with Crippen LogP contribution in [-0.2, 0) is 16.1 Å². The number of rotatable bonds is 8. The number of benzene rings is 1. The summed E-state index contributed by atoms with van der Waals surface area (Å²) in [7, 11) is 1.55. The van der Waals surface area contributed by atoms with Crippen molar-refractivity contribution in [1.29, 1.82) is 0 Å². The van der Waals surface area contributed by atoms with Crippen LogP contribution >= 0.6 is 11.3 Å². The summed E-state index contributed by atoms with van der Waals surface area (Å²) >= 11 is 1.25. The Hall–Kier alpha value is -3.47. The summed E-state index contributed by atoms with van der Waals surface area (Å²) in [4.78, 5) is 48.8. The van der Waals surface area contributed by atoms with E-state index in [1.807, 2.05) is 11.8 Å². The van der Waals surface area contributed by atoms with Crippen molar-refractivity contribution in [2.24, 2.45) is 5.92 Å². The lowest BCUT2D eigenvalue weighted by Crippen LogP contribution is -2.43. The molecule has 2 aromatic heterocycles. The molecular formula is C23H28N6O4S. The van der Waals surface area contributed by atoms with Crippen LogP contribution in [0.3, 0.4) is 0 Å². The molecule has 1 unspecified atom stereocenters. The number of fused-ring (bicyclic) bond motifs is 1. The number of piperidine rings is 1. The average molecular weight is 485 g/mol. The summed E-state index contributed by atoms with van der Waals surface area (Å²) in [6, 6.07) is 6.99. The first kappa shape index (κ1) is 23.7. The Morgan fingerprint density at radius 1 is 1.32 bits per heavy atom. The zero-order valence-electron chi connectivity index (χ0n) is 19.2. The highest BCUT2D eigenvalue weighted by atomic mass is 32.1. The fourth-order valence-electron chi connectivity index (χ4n) is 3.90. The Morgan fingerprint density at radius 2 is 2.18 bits per heavy atom. The number of aromatic nitrogens is 3. The van der Waals surface area contributed by atoms with Crippen LogP contribution in [0, 0.1) is 5.92 Å². The summed E-state index contributed by atoms with van der Waals surface area (Å²) in [5.41, 5.74) is 0.616. The van der Waals surface area contributed by atoms with E-state index >= 15 is 0 Å². The van der Waals surface area contributed by atoms with E-state index in [1.165, 1.54) is 22.2 Å². The van der Waals surface area contributed by atoms with Crippen molar-refractivity contribution in [2.45, 2.75) is 32.7 Å². The Bertz CT molecular complexity index is 1240. The summed E-state index contributed by atoms with van der Waals surface area (Å²) in [6.45, 7) is 3.86. The zero-order chi connectivity index (χ0) is 24.1. The highest BCUT2D eigenvalue weighted by Crippen LogP contribution is 2.29. The van der Waals surface area contributed by atoms with Crippen molar-refractivity contribution in [3.63, 3.8) is 0 Å². The Kier molecular flexibility index (Phi) is 7.41. The summed E-state index contributed by atoms with van der Waals surface area (Å²) in [5.74, 6) is 0.240. The molecule has 1 aliphatic rings. The minimum absolute atomic E-state index is 0.0650. The molecule has 1 aromatic carbocycles. The van der Waals surface area contributed by atoms with Crippen LogP contribution < -0.4 is 25.8 Å². The van der Waals surface area contributed by atoms with E-state index in [1.54, 1.807) is 31.4 Å². The predicted molar refractivity (Wildman–Crippen MR) is 132 cm³/mol. The van der Waals surface area contributed by atoms with Crippen LogP contribution in [0.5, 0.6) is 5.75 Å². The fourth-order valence-corrected chi connectivity index (χ4v) is 4.90. The molecule has 11 heteroatoms. The summed E-state index contributed by atoms with van der Waals surface area (Å²) in [5, 5.41) is 6.40. The minimum atomic E-state index is -0.349. The van der Waals surface area contributed by atoms with E-state index in [4.69, 9.17) is 4.74 Å². The maximum Gasteiger partial charge on any atom is 0.273 e. The third kappa shape index (κ3) is 5.36. The van der Waals surface area contributed by atoms with E-state index in [2.05, 4.69) is 20.6 Å². The lowest BCUT2D eigenvalue weighted by molar-refractivity contribution is -0.125. The van der Waals surface area contributed by atoms with Gasteiger partial charge in [-0.25, -0.2) is 4.98 Å². The van der Waals surface area contributed by atoms with Crippen molar-refractivity contribution < 1.29 is 14.3 Å². The SMILES string of the molecule is CCCNC(=O)C1CCCN(c2nc3ncn(CC(=O)Nc4cccc(OC)c4)c(=O)c3s2)C1. The molecule has 3 heterocycles. The molecule has 1 aliphatic heterocycles. The van der Waals surface area contributed by atoms with E-state index in [0.717, 1.165) is 25.8 Å². The Balaban J connectivity index is 1.47. The van der Waals surface area contributed by atoms with E-state index < -0.39 is 0 Å². The van der Waals surface area contributed by atoms with Crippen LogP contribution in [0.25, 0.3) is 10.3 Å². The number of amides is 2. The van der Waals surface area contributed by atoms with Gasteiger partial charge in [0.15, 0.2) is 10.8 Å². The number of hydrogen-bond donors (Lipinski definition) is 2. The van der Waals surface area contributed by atoms with Crippen LogP contribution in [0.4, 0.5) is 10.8 Å². The molecule has 0 spiro atoms. The van der Waals surface area contributed by atoms with Gasteiger partial charge in [0.05, 0.1) is 13.0 Å². The molecule has 3 aromatic rings. The molecule has 180 valence electrons. The van der Waals surface area contributed by atoms with E-state index in [9.17, 15) is 14.4 Å². The topological polar surface area (TPSA) is 118 Å². The molecule has 4 rings (SSSR count). The van der Waals surface area contributed by atoms with Gasteiger partial charge in [-0.2, -0.15) is 4.98 Å². The lowest BCUT2D eigenvalue weighted by Gasteiger charge is -2.31. The van der Waals surface area contributed by atoms with E-state index in [0.29, 0.717) is 40.0 Å². The number of carbonyl (C=O) groups is 2. The first-order chi connectivity index (χ1) is 16.5. The van der Waals surface area contributed by atoms with Crippen LogP contribution in [0.2, 0.25) is 0 Å². The van der Waals surface area contributed by atoms with Crippen molar-refractivity contribution in [3.05, 3.63) is 40.9 Å². The maximum absolute atomic E-state index is 13.0. The van der Waals surface area contributed by atoms with Crippen molar-refractivity contribution in [2.75, 3.05) is 37.0 Å². The third-order valence-corrected chi connectivity index (χ3v) is 6.75. The van der Waals surface area contributed by atoms with Gasteiger partial charge in [-0.3, -0.25) is 19.0 Å². The van der Waals surface area contributed by atoms with Gasteiger partial charge >= 0.3 is 0 Å². The normalized spacial score (nSPS) is 15.8. The number of anilines is 2. The number of nitrogens with zero attached hydrogens (tertiary/aromatic N) is 4. The molecule has 1 fully saturated rings. The number of methoxy groups -OCH3 is 1. The number of carbonyl (C=O) groups excluding carboxylic acids is 2. The molecule has 34 heavy (non-hydrogen) atoms. The standard InChI is InChI=1S/C23H28N6O4S/c1-3-9-24-21(31)15-6-5-10-28(12-15)23-27-20-19(34-23)22(32)29(14-25-20)13-18(30)26-16-7-4-8-17(11-16)33-2/h4,7-8,11,14-15H,3,5-6,9-10,12-13H2,1-2H3,(H,24,31)(H,26,30). The molecule has 10 nitrogen and oxygen atoms in total. The zero-order valence-corrected chi connectivity index (χ0v) is 20.1. The highest BCUT2D eigenvalue weighted by molar-refractivity contribution is 7.22. The third-order valence-electron chi connectivity index (χ3n) is 5.65. The number of ether oxygens (including phenoxy) is 1. The molecule has 0 saturated carbocycles. The summed E-state index contributed by atoms with van der Waals surface area (Å²) in [6.07, 6.45) is 3.96. The molecule has 2 amide bonds. The second-order valence-electron chi connectivity index (χ2n) is 8.18. The average Bonchev–Trinajstić information content (AvgIpc) is 3.30. The first-order valence-corrected chi connectivity index (χ1v) is 12.1. The van der Waals surface area contributed by atoms with Crippen LogP contribution in [0.15, 0.2) is 35.4 Å². The van der Waals surface area contributed by atoms with Crippen LogP contribution in [-0.4, -0.2) is 53.1 Å². The largest absolute Gasteiger partial charge is 0.497 e. The lowest BCUT2D eigenvalue weighted by atomic mass is 9.97. The fraction of sp³-hybridized carbons (Fsp3) is 0.435. The molecule has 1 atom stereocenters. The minimum Gasteiger partial charge on any atom is -0.497 e. The predicted octanol–water partition coefficient (Wildman–Crippen LogP) is 2.24. The van der Waals surface area contributed by atoms with Gasteiger partial charge in [-0.05, 0) is 31.4 Å². The second-order valence-corrected chi connectivity index (χ2v) is 9.16. The van der Waals surface area contributed by atoms with Crippen molar-refractivity contribution in [1.82, 2.24) is 19.9 Å². The van der Waals surface area contributed by atoms with Gasteiger partial charge < -0.3 is 20.3 Å². The van der Waals surface area contributed by atoms with Gasteiger partial charge in [0.1, 0.15) is 23.3 Å². The molecule has 2 N–H and O–H groups in total. The maximum atomic E-state index is 13.0. The Labute approximate surface area is 201 Å².